The van der Waals surface area contributed by atoms with Crippen molar-refractivity contribution in [3.63, 3.8) is 0 Å². The molecule has 1 aromatic rings. The van der Waals surface area contributed by atoms with Gasteiger partial charge in [0, 0.05) is 12.1 Å². The monoisotopic (exact) mass is 227 g/mol. The van der Waals surface area contributed by atoms with Gasteiger partial charge in [-0.1, -0.05) is 18.2 Å². The maximum absolute atomic E-state index is 11.8. The van der Waals surface area contributed by atoms with Crippen molar-refractivity contribution in [1.82, 2.24) is 0 Å². The highest BCUT2D eigenvalue weighted by Gasteiger charge is 2.31. The summed E-state index contributed by atoms with van der Waals surface area (Å²) in [5.74, 6) is -0.238. The molecule has 0 aliphatic rings. The van der Waals surface area contributed by atoms with Crippen molar-refractivity contribution in [2.24, 2.45) is 5.73 Å². The molecule has 2 N–H and O–H groups in total. The van der Waals surface area contributed by atoms with Crippen LogP contribution in [0, 0.1) is 0 Å². The summed E-state index contributed by atoms with van der Waals surface area (Å²) < 4.78 is 39.1. The van der Waals surface area contributed by atoms with Crippen molar-refractivity contribution < 1.29 is 17.9 Å². The third-order valence-electron chi connectivity index (χ3n) is 1.42. The molecule has 0 spiro atoms. The van der Waals surface area contributed by atoms with Gasteiger partial charge in [0.25, 0.3) is 0 Å². The Morgan fingerprint density at radius 2 is 1.79 bits per heavy atom. The zero-order chi connectivity index (χ0) is 9.90. The van der Waals surface area contributed by atoms with Crippen LogP contribution in [0.1, 0.15) is 5.56 Å². The van der Waals surface area contributed by atoms with Crippen LogP contribution in [0.25, 0.3) is 0 Å². The van der Waals surface area contributed by atoms with Crippen LogP contribution in [-0.4, -0.2) is 6.36 Å². The summed E-state index contributed by atoms with van der Waals surface area (Å²) in [6, 6.07) is 5.78. The van der Waals surface area contributed by atoms with Crippen LogP contribution in [0.4, 0.5) is 13.2 Å². The molecule has 0 unspecified atom stereocenters. The van der Waals surface area contributed by atoms with E-state index in [1.165, 1.54) is 18.2 Å². The molecule has 0 heterocycles. The molecule has 6 heteroatoms. The number of benzene rings is 1. The minimum atomic E-state index is -4.66. The summed E-state index contributed by atoms with van der Waals surface area (Å²) in [6.45, 7) is 0.0201. The predicted molar refractivity (Wildman–Crippen MR) is 48.3 cm³/mol. The third-order valence-corrected chi connectivity index (χ3v) is 1.42. The van der Waals surface area contributed by atoms with Crippen molar-refractivity contribution in [2.75, 3.05) is 0 Å². The van der Waals surface area contributed by atoms with E-state index in [1.54, 1.807) is 6.07 Å². The molecule has 1 rings (SSSR count). The number of ether oxygens (including phenoxy) is 1. The average molecular weight is 228 g/mol. The van der Waals surface area contributed by atoms with Gasteiger partial charge in [-0.05, 0) is 6.07 Å². The molecule has 0 bridgehead atoms. The fraction of sp³-hybridized carbons (Fsp3) is 0.250. The quantitative estimate of drug-likeness (QED) is 0.842. The van der Waals surface area contributed by atoms with Gasteiger partial charge in [0.15, 0.2) is 0 Å². The molecule has 0 aliphatic carbocycles. The van der Waals surface area contributed by atoms with E-state index in [0.29, 0.717) is 5.56 Å². The molecule has 0 amide bonds. The summed E-state index contributed by atoms with van der Waals surface area (Å²) in [7, 11) is 0. The molecule has 0 atom stereocenters. The van der Waals surface area contributed by atoms with Gasteiger partial charge in [-0.3, -0.25) is 0 Å². The second-order valence-electron chi connectivity index (χ2n) is 2.36. The zero-order valence-corrected chi connectivity index (χ0v) is 7.86. The van der Waals surface area contributed by atoms with E-state index in [4.69, 9.17) is 5.73 Å². The standard InChI is InChI=1S/C8H8F3NO.ClH/c9-8(10,11)13-7-4-2-1-3-6(7)5-12;/h1-4H,5,12H2;1H. The van der Waals surface area contributed by atoms with Crippen LogP contribution in [-0.2, 0) is 6.54 Å². The fourth-order valence-electron chi connectivity index (χ4n) is 0.897. The Bertz CT molecular complexity index is 290. The maximum Gasteiger partial charge on any atom is 0.573 e. The summed E-state index contributed by atoms with van der Waals surface area (Å²) in [6.07, 6.45) is -4.66. The van der Waals surface area contributed by atoms with Crippen LogP contribution >= 0.6 is 12.4 Å². The van der Waals surface area contributed by atoms with Gasteiger partial charge in [-0.2, -0.15) is 0 Å². The number of hydrogen-bond donors (Lipinski definition) is 1. The number of hydrogen-bond acceptors (Lipinski definition) is 2. The van der Waals surface area contributed by atoms with E-state index < -0.39 is 6.36 Å². The van der Waals surface area contributed by atoms with Gasteiger partial charge in [0.2, 0.25) is 0 Å². The summed E-state index contributed by atoms with van der Waals surface area (Å²) in [5.41, 5.74) is 5.56. The van der Waals surface area contributed by atoms with Gasteiger partial charge >= 0.3 is 6.36 Å². The van der Waals surface area contributed by atoms with E-state index in [9.17, 15) is 13.2 Å². The van der Waals surface area contributed by atoms with Crippen LogP contribution in [0.2, 0.25) is 0 Å². The fourth-order valence-corrected chi connectivity index (χ4v) is 0.897. The highest BCUT2D eigenvalue weighted by molar-refractivity contribution is 5.85. The van der Waals surface area contributed by atoms with Crippen molar-refractivity contribution in [3.8, 4) is 5.75 Å². The lowest BCUT2D eigenvalue weighted by atomic mass is 10.2. The minimum Gasteiger partial charge on any atom is -0.405 e. The zero-order valence-electron chi connectivity index (χ0n) is 7.04. The first kappa shape index (κ1) is 13.1. The van der Waals surface area contributed by atoms with Crippen LogP contribution in [0.5, 0.6) is 5.75 Å². The van der Waals surface area contributed by atoms with E-state index >= 15 is 0 Å². The third kappa shape index (κ3) is 3.85. The Hall–Kier alpha value is -0.940. The molecule has 14 heavy (non-hydrogen) atoms. The van der Waals surface area contributed by atoms with Crippen LogP contribution in [0.3, 0.4) is 0 Å². The minimum absolute atomic E-state index is 0. The second kappa shape index (κ2) is 5.07. The van der Waals surface area contributed by atoms with Gasteiger partial charge in [0.1, 0.15) is 5.75 Å². The Kier molecular flexibility index (Phi) is 4.73. The van der Waals surface area contributed by atoms with Gasteiger partial charge in [-0.25, -0.2) is 0 Å². The Morgan fingerprint density at radius 1 is 1.21 bits per heavy atom. The first-order chi connectivity index (χ1) is 6.03. The van der Waals surface area contributed by atoms with Crippen molar-refractivity contribution in [3.05, 3.63) is 29.8 Å². The van der Waals surface area contributed by atoms with Crippen LogP contribution < -0.4 is 10.5 Å². The largest absolute Gasteiger partial charge is 0.573 e. The highest BCUT2D eigenvalue weighted by atomic mass is 35.5. The number of alkyl halides is 3. The number of nitrogens with two attached hydrogens (primary N) is 1. The van der Waals surface area contributed by atoms with Gasteiger partial charge in [0.05, 0.1) is 0 Å². The number of para-hydroxylation sites is 1. The van der Waals surface area contributed by atoms with E-state index in [2.05, 4.69) is 4.74 Å². The lowest BCUT2D eigenvalue weighted by Gasteiger charge is -2.11. The lowest BCUT2D eigenvalue weighted by Crippen LogP contribution is -2.18. The number of halogens is 4. The highest BCUT2D eigenvalue weighted by Crippen LogP contribution is 2.25. The summed E-state index contributed by atoms with van der Waals surface area (Å²) in [5, 5.41) is 0. The Labute approximate surface area is 85.3 Å². The molecule has 2 nitrogen and oxygen atoms in total. The van der Waals surface area contributed by atoms with Crippen molar-refractivity contribution in [2.45, 2.75) is 12.9 Å². The Morgan fingerprint density at radius 3 is 2.29 bits per heavy atom. The summed E-state index contributed by atoms with van der Waals surface area (Å²) in [4.78, 5) is 0. The molecular weight excluding hydrogens is 219 g/mol. The molecule has 0 aliphatic heterocycles. The van der Waals surface area contributed by atoms with E-state index in [1.807, 2.05) is 0 Å². The van der Waals surface area contributed by atoms with Gasteiger partial charge < -0.3 is 10.5 Å². The maximum atomic E-state index is 11.8. The molecule has 0 aromatic heterocycles. The predicted octanol–water partition coefficient (Wildman–Crippen LogP) is 2.47. The van der Waals surface area contributed by atoms with Crippen molar-refractivity contribution >= 4 is 12.4 Å². The van der Waals surface area contributed by atoms with E-state index in [0.717, 1.165) is 0 Å². The molecule has 0 saturated heterocycles. The first-order valence-electron chi connectivity index (χ1n) is 3.56. The molecule has 0 fully saturated rings. The SMILES string of the molecule is Cl.NCc1ccccc1OC(F)(F)F. The van der Waals surface area contributed by atoms with E-state index in [-0.39, 0.29) is 24.7 Å². The second-order valence-corrected chi connectivity index (χ2v) is 2.36. The van der Waals surface area contributed by atoms with Crippen LogP contribution in [0.15, 0.2) is 24.3 Å². The first-order valence-corrected chi connectivity index (χ1v) is 3.56. The van der Waals surface area contributed by atoms with Gasteiger partial charge in [-0.15, -0.1) is 25.6 Å². The topological polar surface area (TPSA) is 35.2 Å². The molecule has 80 valence electrons. The molecule has 0 saturated carbocycles. The summed E-state index contributed by atoms with van der Waals surface area (Å²) >= 11 is 0. The Balaban J connectivity index is 0.00000169. The lowest BCUT2D eigenvalue weighted by molar-refractivity contribution is -0.274. The smallest absolute Gasteiger partial charge is 0.405 e. The average Bonchev–Trinajstić information content (AvgIpc) is 2.02. The normalized spacial score (nSPS) is 10.6. The molecule has 1 aromatic carbocycles. The molecule has 0 radical (unpaired) electrons. The molecular formula is C8H9ClF3NO. The number of rotatable bonds is 2. The van der Waals surface area contributed by atoms with Crippen molar-refractivity contribution in [1.29, 1.82) is 0 Å².